The van der Waals surface area contributed by atoms with Crippen molar-refractivity contribution < 1.29 is 39.9 Å². The van der Waals surface area contributed by atoms with Gasteiger partial charge in [-0.15, -0.1) is 0 Å². The van der Waals surface area contributed by atoms with Gasteiger partial charge < -0.3 is 9.72 Å². The monoisotopic (exact) mass is 515 g/mol. The normalized spacial score (nSPS) is 12.7. The van der Waals surface area contributed by atoms with Crippen LogP contribution in [0.3, 0.4) is 0 Å². The molecule has 188 valence electrons. The highest BCUT2D eigenvalue weighted by molar-refractivity contribution is 5.81. The summed E-state index contributed by atoms with van der Waals surface area (Å²) in [6, 6.07) is 4.34. The molecule has 0 bridgehead atoms. The number of alkyl halides is 8. The van der Waals surface area contributed by atoms with Crippen LogP contribution in [0.1, 0.15) is 17.0 Å². The fourth-order valence-corrected chi connectivity index (χ4v) is 3.25. The molecule has 6 nitrogen and oxygen atoms in total. The second-order valence-electron chi connectivity index (χ2n) is 7.35. The molecule has 3 aromatic heterocycles. The van der Waals surface area contributed by atoms with Crippen LogP contribution in [0.5, 0.6) is 5.75 Å². The van der Waals surface area contributed by atoms with Crippen molar-refractivity contribution >= 4 is 11.2 Å². The lowest BCUT2D eigenvalue weighted by atomic mass is 10.1. The van der Waals surface area contributed by atoms with Gasteiger partial charge >= 0.3 is 18.3 Å². The van der Waals surface area contributed by atoms with Crippen LogP contribution in [0.2, 0.25) is 0 Å². The van der Waals surface area contributed by atoms with Gasteiger partial charge in [0.2, 0.25) is 0 Å². The Morgan fingerprint density at radius 2 is 1.64 bits per heavy atom. The number of methoxy groups -OCH3 is 1. The zero-order valence-corrected chi connectivity index (χ0v) is 18.0. The fraction of sp³-hybridized carbons (Fsp3) is 0.182. The van der Waals surface area contributed by atoms with Crippen molar-refractivity contribution in [2.75, 3.05) is 7.11 Å². The van der Waals surface area contributed by atoms with E-state index >= 15 is 0 Å². The number of ether oxygens (including phenoxy) is 1. The molecule has 0 aliphatic heterocycles. The molecule has 0 aliphatic rings. The Labute approximate surface area is 196 Å². The molecule has 36 heavy (non-hydrogen) atoms. The lowest BCUT2D eigenvalue weighted by Gasteiger charge is -2.11. The largest absolute Gasteiger partial charge is 0.496 e. The van der Waals surface area contributed by atoms with Gasteiger partial charge in [0, 0.05) is 11.8 Å². The number of benzene rings is 1. The van der Waals surface area contributed by atoms with E-state index in [9.17, 15) is 35.1 Å². The number of imidazole rings is 1. The molecule has 4 aromatic rings. The molecule has 0 atom stereocenters. The second-order valence-corrected chi connectivity index (χ2v) is 7.35. The average Bonchev–Trinajstić information content (AvgIpc) is 3.25. The van der Waals surface area contributed by atoms with E-state index in [0.29, 0.717) is 12.1 Å². The third-order valence-electron chi connectivity index (χ3n) is 5.02. The summed E-state index contributed by atoms with van der Waals surface area (Å²) in [6.07, 6.45) is -8.43. The van der Waals surface area contributed by atoms with Crippen molar-refractivity contribution in [3.63, 3.8) is 0 Å². The van der Waals surface area contributed by atoms with Crippen molar-refractivity contribution in [1.82, 2.24) is 24.9 Å². The van der Waals surface area contributed by atoms with Gasteiger partial charge in [-0.1, -0.05) is 6.58 Å². The van der Waals surface area contributed by atoms with Crippen molar-refractivity contribution in [1.29, 1.82) is 0 Å². The Kier molecular flexibility index (Phi) is 5.93. The van der Waals surface area contributed by atoms with Gasteiger partial charge in [0.05, 0.1) is 18.2 Å². The Hall–Kier alpha value is -4.10. The van der Waals surface area contributed by atoms with E-state index < -0.39 is 52.2 Å². The molecule has 0 unspecified atom stereocenters. The predicted molar refractivity (Wildman–Crippen MR) is 111 cm³/mol. The summed E-state index contributed by atoms with van der Waals surface area (Å²) in [4.78, 5) is 17.4. The summed E-state index contributed by atoms with van der Waals surface area (Å²) in [7, 11) is 1.09. The molecule has 3 heterocycles. The van der Waals surface area contributed by atoms with Crippen LogP contribution in [0, 0.1) is 0 Å². The van der Waals surface area contributed by atoms with E-state index in [0.717, 1.165) is 37.6 Å². The van der Waals surface area contributed by atoms with Crippen LogP contribution in [0.25, 0.3) is 33.9 Å². The number of nitrogens with one attached hydrogen (secondary N) is 1. The van der Waals surface area contributed by atoms with Crippen LogP contribution < -0.4 is 4.74 Å². The van der Waals surface area contributed by atoms with Gasteiger partial charge in [-0.05, 0) is 36.4 Å². The maximum absolute atomic E-state index is 13.8. The highest BCUT2D eigenvalue weighted by Gasteiger charge is 2.38. The number of fused-ring (bicyclic) bond motifs is 1. The van der Waals surface area contributed by atoms with Gasteiger partial charge in [-0.3, -0.25) is 4.98 Å². The lowest BCUT2D eigenvalue weighted by molar-refractivity contribution is -0.140. The van der Waals surface area contributed by atoms with Crippen LogP contribution in [0.15, 0.2) is 49.2 Å². The van der Waals surface area contributed by atoms with Crippen LogP contribution in [0.4, 0.5) is 35.1 Å². The summed E-state index contributed by atoms with van der Waals surface area (Å²) in [5.41, 5.74) is -4.41. The molecule has 0 fully saturated rings. The van der Waals surface area contributed by atoms with Gasteiger partial charge in [0.1, 0.15) is 22.8 Å². The zero-order valence-electron chi connectivity index (χ0n) is 18.0. The molecule has 4 rings (SSSR count). The molecule has 0 radical (unpaired) electrons. The van der Waals surface area contributed by atoms with Crippen molar-refractivity contribution in [2.45, 2.75) is 18.3 Å². The Morgan fingerprint density at radius 1 is 0.917 bits per heavy atom. The average molecular weight is 515 g/mol. The smallest absolute Gasteiger partial charge is 0.435 e. The maximum atomic E-state index is 13.8. The van der Waals surface area contributed by atoms with Gasteiger partial charge in [0.25, 0.3) is 0 Å². The number of aromatic nitrogens is 5. The van der Waals surface area contributed by atoms with E-state index in [1.54, 1.807) is 0 Å². The summed E-state index contributed by atoms with van der Waals surface area (Å²) in [5, 5.41) is 0. The minimum Gasteiger partial charge on any atom is -0.496 e. The number of H-pyrrole nitrogens is 1. The number of rotatable bonds is 5. The molecule has 0 aliphatic carbocycles. The van der Waals surface area contributed by atoms with E-state index in [1.165, 1.54) is 0 Å². The number of hydrogen-bond acceptors (Lipinski definition) is 5. The number of allylic oxidation sites excluding steroid dienone is 1. The molecule has 0 saturated heterocycles. The first-order valence-electron chi connectivity index (χ1n) is 9.83. The quantitative estimate of drug-likeness (QED) is 0.246. The standard InChI is InChI=1S/C22H13F8N5O/c1-3-20(23,24)14-7-4-10(9-31-14)17-33-16(22(28,29)30)15-19(34-17)35-18(32-15)12-6-5-11(21(25,26)27)8-13(12)36-2/h3-9H,1H2,2H3,(H,32,33,34,35). The third-order valence-corrected chi connectivity index (χ3v) is 5.02. The third kappa shape index (κ3) is 4.57. The summed E-state index contributed by atoms with van der Waals surface area (Å²) >= 11 is 0. The van der Waals surface area contributed by atoms with Crippen molar-refractivity contribution in [3.05, 3.63) is 66.1 Å². The molecule has 1 N–H and O–H groups in total. The molecule has 0 amide bonds. The van der Waals surface area contributed by atoms with Crippen LogP contribution >= 0.6 is 0 Å². The first-order chi connectivity index (χ1) is 16.7. The molecule has 1 aromatic carbocycles. The minimum atomic E-state index is -4.99. The molecule has 0 spiro atoms. The summed E-state index contributed by atoms with van der Waals surface area (Å²) in [5.74, 6) is -4.52. The number of hydrogen-bond donors (Lipinski definition) is 1. The first kappa shape index (κ1) is 25.0. The zero-order chi connectivity index (χ0) is 26.5. The SMILES string of the molecule is C=CC(F)(F)c1ccc(-c2nc(C(F)(F)F)c3[nH]c(-c4ccc(C(F)(F)F)cc4OC)nc3n2)cn1. The topological polar surface area (TPSA) is 76.6 Å². The first-order valence-corrected chi connectivity index (χ1v) is 9.83. The van der Waals surface area contributed by atoms with Crippen molar-refractivity contribution in [3.8, 4) is 28.5 Å². The van der Waals surface area contributed by atoms with E-state index in [1.807, 2.05) is 0 Å². The highest BCUT2D eigenvalue weighted by atomic mass is 19.4. The number of halogens is 8. The van der Waals surface area contributed by atoms with Gasteiger partial charge in [-0.2, -0.15) is 35.1 Å². The minimum absolute atomic E-state index is 0.0594. The lowest BCUT2D eigenvalue weighted by Crippen LogP contribution is -2.12. The number of nitrogens with zero attached hydrogens (tertiary/aromatic N) is 4. The van der Waals surface area contributed by atoms with Crippen molar-refractivity contribution in [2.24, 2.45) is 0 Å². The summed E-state index contributed by atoms with van der Waals surface area (Å²) < 4.78 is 113. The highest BCUT2D eigenvalue weighted by Crippen LogP contribution is 2.39. The fourth-order valence-electron chi connectivity index (χ4n) is 3.25. The molecular formula is C22H13F8N5O. The van der Waals surface area contributed by atoms with E-state index in [2.05, 4.69) is 31.5 Å². The van der Waals surface area contributed by atoms with E-state index in [4.69, 9.17) is 4.74 Å². The second kappa shape index (κ2) is 8.53. The number of aromatic amines is 1. The molecular weight excluding hydrogens is 502 g/mol. The Morgan fingerprint density at radius 3 is 2.19 bits per heavy atom. The van der Waals surface area contributed by atoms with Gasteiger partial charge in [-0.25, -0.2) is 15.0 Å². The predicted octanol–water partition coefficient (Wildman–Crippen LogP) is 6.41. The Balaban J connectivity index is 1.86. The van der Waals surface area contributed by atoms with E-state index in [-0.39, 0.29) is 22.7 Å². The molecule has 14 heteroatoms. The molecule has 0 saturated carbocycles. The maximum Gasteiger partial charge on any atom is 0.435 e. The summed E-state index contributed by atoms with van der Waals surface area (Å²) in [6.45, 7) is 3.00. The van der Waals surface area contributed by atoms with Crippen LogP contribution in [-0.4, -0.2) is 32.0 Å². The van der Waals surface area contributed by atoms with Crippen LogP contribution in [-0.2, 0) is 18.3 Å². The Bertz CT molecular complexity index is 1440. The van der Waals surface area contributed by atoms with Gasteiger partial charge in [0.15, 0.2) is 17.2 Å². The number of pyridine rings is 1.